The minimum absolute atomic E-state index is 0.273. The summed E-state index contributed by atoms with van der Waals surface area (Å²) in [4.78, 5) is 4.48. The third-order valence-electron chi connectivity index (χ3n) is 3.06. The fraction of sp³-hybridized carbons (Fsp3) is 0.462. The molecule has 0 fully saturated rings. The van der Waals surface area contributed by atoms with Crippen molar-refractivity contribution in [1.82, 2.24) is 14.9 Å². The van der Waals surface area contributed by atoms with Gasteiger partial charge in [0.25, 0.3) is 0 Å². The van der Waals surface area contributed by atoms with Gasteiger partial charge in [-0.3, -0.25) is 0 Å². The van der Waals surface area contributed by atoms with Gasteiger partial charge >= 0.3 is 0 Å². The van der Waals surface area contributed by atoms with Crippen molar-refractivity contribution in [3.8, 4) is 0 Å². The lowest BCUT2D eigenvalue weighted by molar-refractivity contribution is 0.543. The number of thiophene rings is 1. The Hall–Kier alpha value is -0.170. The summed E-state index contributed by atoms with van der Waals surface area (Å²) in [6.07, 6.45) is 5.97. The SMILES string of the molecule is CCCn1ccnc1CC(NC)c1cc(Br)sc1Br. The van der Waals surface area contributed by atoms with Crippen LogP contribution in [0.4, 0.5) is 0 Å². The summed E-state index contributed by atoms with van der Waals surface area (Å²) in [6.45, 7) is 3.21. The highest BCUT2D eigenvalue weighted by molar-refractivity contribution is 9.12. The lowest BCUT2D eigenvalue weighted by atomic mass is 10.1. The van der Waals surface area contributed by atoms with E-state index in [0.29, 0.717) is 0 Å². The monoisotopic (exact) mass is 405 g/mol. The number of rotatable bonds is 6. The lowest BCUT2D eigenvalue weighted by Crippen LogP contribution is -2.20. The molecule has 1 atom stereocenters. The van der Waals surface area contributed by atoms with Crippen LogP contribution >= 0.6 is 43.2 Å². The van der Waals surface area contributed by atoms with Crippen molar-refractivity contribution in [2.24, 2.45) is 0 Å². The second-order valence-corrected chi connectivity index (χ2v) is 8.11. The first-order valence-corrected chi connectivity index (χ1v) is 8.68. The van der Waals surface area contributed by atoms with E-state index in [9.17, 15) is 0 Å². The highest BCUT2D eigenvalue weighted by atomic mass is 79.9. The average Bonchev–Trinajstić information content (AvgIpc) is 2.94. The maximum Gasteiger partial charge on any atom is 0.110 e. The molecular weight excluding hydrogens is 390 g/mol. The Morgan fingerprint density at radius 3 is 2.84 bits per heavy atom. The molecular formula is C13H17Br2N3S. The zero-order valence-electron chi connectivity index (χ0n) is 11.0. The second-order valence-electron chi connectivity index (χ2n) is 4.36. The summed E-state index contributed by atoms with van der Waals surface area (Å²) in [5.41, 5.74) is 1.28. The molecule has 0 saturated carbocycles. The summed E-state index contributed by atoms with van der Waals surface area (Å²) in [7, 11) is 2.00. The lowest BCUT2D eigenvalue weighted by Gasteiger charge is -2.16. The third-order valence-corrected chi connectivity index (χ3v) is 5.45. The van der Waals surface area contributed by atoms with E-state index in [4.69, 9.17) is 0 Å². The quantitative estimate of drug-likeness (QED) is 0.771. The van der Waals surface area contributed by atoms with Gasteiger partial charge in [0.15, 0.2) is 0 Å². The van der Waals surface area contributed by atoms with E-state index in [1.54, 1.807) is 11.3 Å². The number of aryl methyl sites for hydroxylation is 1. The molecule has 0 amide bonds. The summed E-state index contributed by atoms with van der Waals surface area (Å²) in [5, 5.41) is 3.38. The number of imidazole rings is 1. The first-order chi connectivity index (χ1) is 9.15. The van der Waals surface area contributed by atoms with Gasteiger partial charge < -0.3 is 9.88 Å². The molecule has 0 bridgehead atoms. The molecule has 2 aromatic rings. The molecule has 1 N–H and O–H groups in total. The fourth-order valence-electron chi connectivity index (χ4n) is 2.12. The predicted molar refractivity (Wildman–Crippen MR) is 87.7 cm³/mol. The smallest absolute Gasteiger partial charge is 0.110 e. The number of likely N-dealkylation sites (N-methyl/N-ethyl adjacent to an activating group) is 1. The largest absolute Gasteiger partial charge is 0.335 e. The molecule has 0 aromatic carbocycles. The highest BCUT2D eigenvalue weighted by Crippen LogP contribution is 2.36. The van der Waals surface area contributed by atoms with Crippen LogP contribution in [-0.4, -0.2) is 16.6 Å². The van der Waals surface area contributed by atoms with Crippen molar-refractivity contribution in [2.45, 2.75) is 32.4 Å². The van der Waals surface area contributed by atoms with E-state index in [1.807, 2.05) is 13.2 Å². The van der Waals surface area contributed by atoms with Crippen molar-refractivity contribution in [1.29, 1.82) is 0 Å². The van der Waals surface area contributed by atoms with Gasteiger partial charge in [-0.1, -0.05) is 6.92 Å². The van der Waals surface area contributed by atoms with Crippen LogP contribution in [0.2, 0.25) is 0 Å². The van der Waals surface area contributed by atoms with E-state index in [0.717, 1.165) is 29.0 Å². The number of hydrogen-bond acceptors (Lipinski definition) is 3. The van der Waals surface area contributed by atoms with Crippen molar-refractivity contribution >= 4 is 43.2 Å². The maximum atomic E-state index is 4.48. The van der Waals surface area contributed by atoms with E-state index in [1.165, 1.54) is 9.35 Å². The molecule has 104 valence electrons. The Bertz CT molecular complexity index is 536. The summed E-state index contributed by atoms with van der Waals surface area (Å²) >= 11 is 8.88. The van der Waals surface area contributed by atoms with Crippen LogP contribution in [0.15, 0.2) is 26.0 Å². The molecule has 19 heavy (non-hydrogen) atoms. The van der Waals surface area contributed by atoms with E-state index < -0.39 is 0 Å². The van der Waals surface area contributed by atoms with Crippen LogP contribution < -0.4 is 5.32 Å². The predicted octanol–water partition coefficient (Wildman–Crippen LogP) is 4.38. The molecule has 2 heterocycles. The molecule has 0 saturated heterocycles. The van der Waals surface area contributed by atoms with Crippen LogP contribution in [0.25, 0.3) is 0 Å². The van der Waals surface area contributed by atoms with Crippen LogP contribution in [0.3, 0.4) is 0 Å². The fourth-order valence-corrected chi connectivity index (χ4v) is 5.09. The minimum Gasteiger partial charge on any atom is -0.335 e. The molecule has 0 radical (unpaired) electrons. The van der Waals surface area contributed by atoms with E-state index in [-0.39, 0.29) is 6.04 Å². The first kappa shape index (κ1) is 15.2. The molecule has 0 aliphatic heterocycles. The van der Waals surface area contributed by atoms with Gasteiger partial charge in [0.2, 0.25) is 0 Å². The zero-order chi connectivity index (χ0) is 13.8. The molecule has 1 unspecified atom stereocenters. The number of aromatic nitrogens is 2. The molecule has 0 aliphatic rings. The molecule has 6 heteroatoms. The first-order valence-electron chi connectivity index (χ1n) is 6.27. The van der Waals surface area contributed by atoms with Gasteiger partial charge in [-0.25, -0.2) is 4.98 Å². The Kier molecular flexibility index (Phi) is 5.62. The van der Waals surface area contributed by atoms with Crippen molar-refractivity contribution in [2.75, 3.05) is 7.05 Å². The topological polar surface area (TPSA) is 29.9 Å². The van der Waals surface area contributed by atoms with Crippen molar-refractivity contribution in [3.05, 3.63) is 37.4 Å². The summed E-state index contributed by atoms with van der Waals surface area (Å²) < 4.78 is 4.55. The Morgan fingerprint density at radius 2 is 2.26 bits per heavy atom. The van der Waals surface area contributed by atoms with Gasteiger partial charge in [0.05, 0.1) is 7.57 Å². The van der Waals surface area contributed by atoms with Crippen LogP contribution in [-0.2, 0) is 13.0 Å². The zero-order valence-corrected chi connectivity index (χ0v) is 15.0. The molecule has 0 aliphatic carbocycles. The molecule has 2 rings (SSSR count). The van der Waals surface area contributed by atoms with Crippen molar-refractivity contribution < 1.29 is 0 Å². The van der Waals surface area contributed by atoms with Gasteiger partial charge in [0.1, 0.15) is 5.82 Å². The second kappa shape index (κ2) is 7.02. The maximum absolute atomic E-state index is 4.48. The number of nitrogens with one attached hydrogen (secondary N) is 1. The van der Waals surface area contributed by atoms with Gasteiger partial charge in [-0.2, -0.15) is 0 Å². The van der Waals surface area contributed by atoms with E-state index in [2.05, 4.69) is 65.9 Å². The number of hydrogen-bond donors (Lipinski definition) is 1. The Labute approximate surface area is 134 Å². The average molecular weight is 407 g/mol. The van der Waals surface area contributed by atoms with Crippen LogP contribution in [0.5, 0.6) is 0 Å². The highest BCUT2D eigenvalue weighted by Gasteiger charge is 2.18. The van der Waals surface area contributed by atoms with Crippen LogP contribution in [0.1, 0.15) is 30.8 Å². The molecule has 0 spiro atoms. The van der Waals surface area contributed by atoms with Gasteiger partial charge in [-0.05, 0) is 57.0 Å². The molecule has 2 aromatic heterocycles. The standard InChI is InChI=1S/C13H17Br2N3S/c1-3-5-18-6-4-17-12(18)8-10(16-2)9-7-11(14)19-13(9)15/h4,6-7,10,16H,3,5,8H2,1-2H3. The minimum atomic E-state index is 0.273. The van der Waals surface area contributed by atoms with E-state index >= 15 is 0 Å². The third kappa shape index (κ3) is 3.68. The summed E-state index contributed by atoms with van der Waals surface area (Å²) in [6, 6.07) is 2.44. The van der Waals surface area contributed by atoms with Crippen LogP contribution in [0, 0.1) is 0 Å². The summed E-state index contributed by atoms with van der Waals surface area (Å²) in [5.74, 6) is 1.13. The number of nitrogens with zero attached hydrogens (tertiary/aromatic N) is 2. The Morgan fingerprint density at radius 1 is 1.47 bits per heavy atom. The normalized spacial score (nSPS) is 12.8. The molecule has 3 nitrogen and oxygen atoms in total. The Balaban J connectivity index is 2.19. The van der Waals surface area contributed by atoms with Crippen molar-refractivity contribution in [3.63, 3.8) is 0 Å². The number of halogens is 2. The van der Waals surface area contributed by atoms with Gasteiger partial charge in [-0.15, -0.1) is 11.3 Å². The van der Waals surface area contributed by atoms with Gasteiger partial charge in [0, 0.05) is 31.4 Å².